The van der Waals surface area contributed by atoms with E-state index in [4.69, 9.17) is 0 Å². The first kappa shape index (κ1) is 19.3. The Labute approximate surface area is 183 Å². The summed E-state index contributed by atoms with van der Waals surface area (Å²) in [6.45, 7) is 0. The summed E-state index contributed by atoms with van der Waals surface area (Å²) >= 11 is 7.84. The normalized spacial score (nSPS) is 10.8. The van der Waals surface area contributed by atoms with Crippen molar-refractivity contribution < 1.29 is 4.79 Å². The molecule has 2 aromatic heterocycles. The summed E-state index contributed by atoms with van der Waals surface area (Å²) in [7, 11) is 0. The van der Waals surface area contributed by atoms with E-state index in [-0.39, 0.29) is 5.91 Å². The summed E-state index contributed by atoms with van der Waals surface area (Å²) in [5, 5.41) is 7.43. The number of nitrogens with one attached hydrogen (secondary N) is 1. The van der Waals surface area contributed by atoms with Crippen LogP contribution in [0.5, 0.6) is 0 Å². The van der Waals surface area contributed by atoms with E-state index in [1.807, 2.05) is 65.4 Å². The molecule has 0 saturated heterocycles. The minimum Gasteiger partial charge on any atom is -0.301 e. The van der Waals surface area contributed by atoms with Gasteiger partial charge >= 0.3 is 0 Å². The van der Waals surface area contributed by atoms with E-state index in [0.717, 1.165) is 31.3 Å². The third-order valence-electron chi connectivity index (χ3n) is 3.77. The summed E-state index contributed by atoms with van der Waals surface area (Å²) in [6, 6.07) is 17.9. The molecule has 28 heavy (non-hydrogen) atoms. The first-order valence-corrected chi connectivity index (χ1v) is 11.9. The maximum atomic E-state index is 12.3. The number of nitrogens with zero attached hydrogens (tertiary/aromatic N) is 2. The number of carbonyl (C=O) groups is 1. The summed E-state index contributed by atoms with van der Waals surface area (Å²) in [5.74, 6) is 0.215. The lowest BCUT2D eigenvalue weighted by atomic mass is 10.2. The van der Waals surface area contributed by atoms with Crippen LogP contribution in [0.1, 0.15) is 0 Å². The molecule has 4 aromatic rings. The second-order valence-electron chi connectivity index (χ2n) is 5.75. The molecule has 140 valence electrons. The Bertz CT molecular complexity index is 1080. The molecule has 0 aliphatic rings. The van der Waals surface area contributed by atoms with Gasteiger partial charge in [-0.3, -0.25) is 4.79 Å². The van der Waals surface area contributed by atoms with Gasteiger partial charge in [0.1, 0.15) is 0 Å². The van der Waals surface area contributed by atoms with Crippen molar-refractivity contribution in [2.45, 2.75) is 4.34 Å². The van der Waals surface area contributed by atoms with Crippen LogP contribution in [-0.4, -0.2) is 21.6 Å². The molecule has 0 aliphatic heterocycles. The molecule has 0 radical (unpaired) electrons. The molecule has 1 amide bonds. The van der Waals surface area contributed by atoms with Gasteiger partial charge in [0, 0.05) is 26.4 Å². The Hall–Kier alpha value is -2.00. The van der Waals surface area contributed by atoms with Crippen LogP contribution in [0.25, 0.3) is 22.5 Å². The summed E-state index contributed by atoms with van der Waals surface area (Å²) in [4.78, 5) is 21.3. The van der Waals surface area contributed by atoms with Crippen LogP contribution in [0.2, 0.25) is 0 Å². The second kappa shape index (κ2) is 9.00. The van der Waals surface area contributed by atoms with Gasteiger partial charge in [-0.15, -0.1) is 22.7 Å². The zero-order valence-corrected chi connectivity index (χ0v) is 18.5. The van der Waals surface area contributed by atoms with Gasteiger partial charge < -0.3 is 5.32 Å². The van der Waals surface area contributed by atoms with Crippen LogP contribution in [0.15, 0.2) is 74.2 Å². The number of amides is 1. The topological polar surface area (TPSA) is 54.9 Å². The van der Waals surface area contributed by atoms with E-state index in [1.165, 1.54) is 23.1 Å². The third-order valence-corrected chi connectivity index (χ3v) is 7.08. The highest BCUT2D eigenvalue weighted by atomic mass is 79.9. The number of benzene rings is 2. The van der Waals surface area contributed by atoms with Gasteiger partial charge in [-0.1, -0.05) is 70.2 Å². The monoisotopic (exact) mass is 487 g/mol. The number of halogens is 1. The van der Waals surface area contributed by atoms with Gasteiger partial charge in [0.2, 0.25) is 5.91 Å². The van der Waals surface area contributed by atoms with Gasteiger partial charge in [-0.05, 0) is 12.1 Å². The number of thioether (sulfide) groups is 1. The predicted molar refractivity (Wildman–Crippen MR) is 122 cm³/mol. The van der Waals surface area contributed by atoms with Crippen LogP contribution in [0, 0.1) is 0 Å². The molecule has 0 aliphatic carbocycles. The molecule has 4 rings (SSSR count). The Morgan fingerprint density at radius 3 is 2.39 bits per heavy atom. The maximum Gasteiger partial charge on any atom is 0.236 e. The first-order chi connectivity index (χ1) is 13.7. The lowest BCUT2D eigenvalue weighted by Gasteiger charge is -2.00. The molecule has 1 N–H and O–H groups in total. The average molecular weight is 488 g/mol. The number of carbonyl (C=O) groups excluding carboxylic acids is 1. The summed E-state index contributed by atoms with van der Waals surface area (Å²) in [5.41, 5.74) is 3.89. The quantitative estimate of drug-likeness (QED) is 0.318. The average Bonchev–Trinajstić information content (AvgIpc) is 3.37. The van der Waals surface area contributed by atoms with Crippen molar-refractivity contribution in [3.05, 3.63) is 69.8 Å². The lowest BCUT2D eigenvalue weighted by molar-refractivity contribution is -0.113. The molecule has 8 heteroatoms. The number of aromatic nitrogens is 2. The fourth-order valence-corrected chi connectivity index (χ4v) is 5.07. The van der Waals surface area contributed by atoms with Crippen LogP contribution in [0.3, 0.4) is 0 Å². The minimum atomic E-state index is -0.0839. The van der Waals surface area contributed by atoms with Crippen molar-refractivity contribution in [3.8, 4) is 22.5 Å². The van der Waals surface area contributed by atoms with Crippen molar-refractivity contribution >= 4 is 61.4 Å². The number of hydrogen-bond acceptors (Lipinski definition) is 6. The Kier molecular flexibility index (Phi) is 6.21. The van der Waals surface area contributed by atoms with Crippen LogP contribution >= 0.6 is 50.4 Å². The highest BCUT2D eigenvalue weighted by Crippen LogP contribution is 2.29. The van der Waals surface area contributed by atoms with Gasteiger partial charge in [0.05, 0.1) is 17.1 Å². The van der Waals surface area contributed by atoms with Crippen molar-refractivity contribution in [2.24, 2.45) is 0 Å². The molecule has 4 nitrogen and oxygen atoms in total. The maximum absolute atomic E-state index is 12.3. The number of anilines is 1. The molecule has 0 unspecified atom stereocenters. The van der Waals surface area contributed by atoms with Crippen LogP contribution < -0.4 is 5.32 Å². The van der Waals surface area contributed by atoms with Crippen LogP contribution in [-0.2, 0) is 4.79 Å². The van der Waals surface area contributed by atoms with Gasteiger partial charge in [0.25, 0.3) is 0 Å². The first-order valence-electron chi connectivity index (χ1n) is 8.32. The molecule has 0 saturated carbocycles. The highest BCUT2D eigenvalue weighted by Gasteiger charge is 2.11. The van der Waals surface area contributed by atoms with Crippen molar-refractivity contribution in [1.29, 1.82) is 0 Å². The largest absolute Gasteiger partial charge is 0.301 e. The van der Waals surface area contributed by atoms with E-state index < -0.39 is 0 Å². The lowest BCUT2D eigenvalue weighted by Crippen LogP contribution is -2.13. The molecular weight excluding hydrogens is 474 g/mol. The zero-order valence-electron chi connectivity index (χ0n) is 14.5. The molecule has 2 heterocycles. The molecule has 0 spiro atoms. The van der Waals surface area contributed by atoms with E-state index >= 15 is 0 Å². The minimum absolute atomic E-state index is 0.0839. The third kappa shape index (κ3) is 4.88. The Balaban J connectivity index is 1.33. The van der Waals surface area contributed by atoms with Gasteiger partial charge in [-0.25, -0.2) is 9.97 Å². The van der Waals surface area contributed by atoms with E-state index in [2.05, 4.69) is 31.2 Å². The Morgan fingerprint density at radius 1 is 0.929 bits per heavy atom. The highest BCUT2D eigenvalue weighted by molar-refractivity contribution is 9.10. The van der Waals surface area contributed by atoms with Crippen molar-refractivity contribution in [1.82, 2.24) is 9.97 Å². The fraction of sp³-hybridized carbons (Fsp3) is 0.0500. The fourth-order valence-electron chi connectivity index (χ4n) is 2.43. The van der Waals surface area contributed by atoms with E-state index in [0.29, 0.717) is 10.9 Å². The predicted octanol–water partition coefficient (Wildman–Crippen LogP) is 6.43. The summed E-state index contributed by atoms with van der Waals surface area (Å²) in [6.07, 6.45) is 0. The second-order valence-corrected chi connectivity index (χ2v) is 9.60. The smallest absolute Gasteiger partial charge is 0.236 e. The SMILES string of the molecule is O=C(CSc1nc(-c2ccc(Br)cc2)cs1)Nc1nc(-c2ccccc2)cs1. The van der Waals surface area contributed by atoms with Gasteiger partial charge in [0.15, 0.2) is 9.47 Å². The van der Waals surface area contributed by atoms with Crippen molar-refractivity contribution in [3.63, 3.8) is 0 Å². The summed E-state index contributed by atoms with van der Waals surface area (Å²) < 4.78 is 1.91. The van der Waals surface area contributed by atoms with E-state index in [1.54, 1.807) is 11.3 Å². The zero-order chi connectivity index (χ0) is 19.3. The molecule has 2 aromatic carbocycles. The number of rotatable bonds is 6. The number of thiazole rings is 2. The molecule has 0 atom stereocenters. The Morgan fingerprint density at radius 2 is 1.61 bits per heavy atom. The standard InChI is InChI=1S/C20H14BrN3OS3/c21-15-8-6-14(7-9-15)17-11-27-20(23-17)28-12-18(25)24-19-22-16(10-26-19)13-4-2-1-3-5-13/h1-11H,12H2,(H,22,24,25). The molecular formula is C20H14BrN3OS3. The van der Waals surface area contributed by atoms with Crippen molar-refractivity contribution in [2.75, 3.05) is 11.1 Å². The molecule has 0 fully saturated rings. The van der Waals surface area contributed by atoms with Crippen LogP contribution in [0.4, 0.5) is 5.13 Å². The van der Waals surface area contributed by atoms with E-state index in [9.17, 15) is 4.79 Å². The molecule has 0 bridgehead atoms. The number of hydrogen-bond donors (Lipinski definition) is 1. The van der Waals surface area contributed by atoms with Gasteiger partial charge in [-0.2, -0.15) is 0 Å².